The molecule has 1 amide bonds. The molecule has 2 aliphatic rings. The van der Waals surface area contributed by atoms with Crippen LogP contribution in [0.5, 0.6) is 11.5 Å². The number of para-hydroxylation sites is 2. The van der Waals surface area contributed by atoms with Crippen LogP contribution in [0.1, 0.15) is 30.1 Å². The molecule has 1 atom stereocenters. The number of carbonyl (C=O) groups excluding carboxylic acids is 1. The molecule has 31 heavy (non-hydrogen) atoms. The summed E-state index contributed by atoms with van der Waals surface area (Å²) in [6.07, 6.45) is 1.29. The van der Waals surface area contributed by atoms with Crippen LogP contribution < -0.4 is 14.8 Å². The van der Waals surface area contributed by atoms with E-state index in [-0.39, 0.29) is 28.1 Å². The monoisotopic (exact) mass is 464 g/mol. The highest BCUT2D eigenvalue weighted by atomic mass is 35.5. The average Bonchev–Trinajstić information content (AvgIpc) is 2.77. The van der Waals surface area contributed by atoms with E-state index in [1.807, 2.05) is 18.2 Å². The van der Waals surface area contributed by atoms with Crippen molar-refractivity contribution in [3.63, 3.8) is 0 Å². The Kier molecular flexibility index (Phi) is 6.41. The number of nitrogens with one attached hydrogen (secondary N) is 1. The van der Waals surface area contributed by atoms with E-state index >= 15 is 0 Å². The van der Waals surface area contributed by atoms with Gasteiger partial charge in [0.15, 0.2) is 11.5 Å². The van der Waals surface area contributed by atoms with Gasteiger partial charge in [0, 0.05) is 13.1 Å². The van der Waals surface area contributed by atoms with E-state index in [1.54, 1.807) is 6.07 Å². The molecule has 0 spiro atoms. The molecule has 0 saturated carbocycles. The quantitative estimate of drug-likeness (QED) is 0.733. The number of carbonyl (C=O) groups is 1. The van der Waals surface area contributed by atoms with E-state index in [2.05, 4.69) is 12.2 Å². The van der Waals surface area contributed by atoms with Crippen molar-refractivity contribution >= 4 is 27.5 Å². The van der Waals surface area contributed by atoms with E-state index in [1.165, 1.54) is 22.5 Å². The third-order valence-electron chi connectivity index (χ3n) is 5.62. The van der Waals surface area contributed by atoms with Gasteiger partial charge >= 0.3 is 0 Å². The molecule has 2 aliphatic heterocycles. The van der Waals surface area contributed by atoms with Crippen molar-refractivity contribution in [2.75, 3.05) is 26.2 Å². The minimum absolute atomic E-state index is 0.0720. The van der Waals surface area contributed by atoms with Crippen LogP contribution in [0.15, 0.2) is 47.4 Å². The number of sulfonamides is 1. The zero-order chi connectivity index (χ0) is 22.0. The number of hydrogen-bond donors (Lipinski definition) is 1. The van der Waals surface area contributed by atoms with E-state index in [0.29, 0.717) is 37.1 Å². The largest absolute Gasteiger partial charge is 0.486 e. The van der Waals surface area contributed by atoms with Gasteiger partial charge < -0.3 is 14.8 Å². The first-order chi connectivity index (χ1) is 14.8. The highest BCUT2D eigenvalue weighted by Crippen LogP contribution is 2.31. The SMILES string of the molecule is CC1CCN(S(=O)(=O)c2ccc(Cl)c(C(=O)NC[C@H]3COc4ccccc4O3)c2)CC1. The number of halogens is 1. The highest BCUT2D eigenvalue weighted by molar-refractivity contribution is 7.89. The molecule has 2 aromatic rings. The van der Waals surface area contributed by atoms with E-state index in [4.69, 9.17) is 21.1 Å². The van der Waals surface area contributed by atoms with Gasteiger partial charge in [0.1, 0.15) is 12.7 Å². The second-order valence-corrected chi connectivity index (χ2v) is 10.3. The molecule has 2 heterocycles. The van der Waals surface area contributed by atoms with Crippen LogP contribution in [0.2, 0.25) is 5.02 Å². The molecule has 1 fully saturated rings. The van der Waals surface area contributed by atoms with Gasteiger partial charge in [-0.3, -0.25) is 4.79 Å². The first-order valence-electron chi connectivity index (χ1n) is 10.3. The number of hydrogen-bond acceptors (Lipinski definition) is 5. The van der Waals surface area contributed by atoms with Crippen LogP contribution in [0, 0.1) is 5.92 Å². The topological polar surface area (TPSA) is 84.9 Å². The summed E-state index contributed by atoms with van der Waals surface area (Å²) in [5.41, 5.74) is 0.116. The Bertz CT molecular complexity index is 1070. The molecule has 0 radical (unpaired) electrons. The third-order valence-corrected chi connectivity index (χ3v) is 7.84. The molecule has 9 heteroatoms. The molecular weight excluding hydrogens is 440 g/mol. The Hall–Kier alpha value is -2.29. The summed E-state index contributed by atoms with van der Waals surface area (Å²) in [5, 5.41) is 2.96. The van der Waals surface area contributed by atoms with Crippen molar-refractivity contribution in [2.24, 2.45) is 5.92 Å². The van der Waals surface area contributed by atoms with Crippen molar-refractivity contribution in [2.45, 2.75) is 30.8 Å². The second kappa shape index (κ2) is 9.06. The van der Waals surface area contributed by atoms with Crippen LogP contribution in [0.25, 0.3) is 0 Å². The maximum atomic E-state index is 13.0. The number of amides is 1. The molecule has 4 rings (SSSR count). The minimum Gasteiger partial charge on any atom is -0.486 e. The first kappa shape index (κ1) is 21.9. The Morgan fingerprint density at radius 3 is 2.61 bits per heavy atom. The van der Waals surface area contributed by atoms with Crippen LogP contribution in [-0.4, -0.2) is 51.0 Å². The number of piperidine rings is 1. The van der Waals surface area contributed by atoms with Crippen molar-refractivity contribution in [3.05, 3.63) is 53.1 Å². The van der Waals surface area contributed by atoms with E-state index in [0.717, 1.165) is 12.8 Å². The Morgan fingerprint density at radius 1 is 1.16 bits per heavy atom. The van der Waals surface area contributed by atoms with Gasteiger partial charge in [-0.05, 0) is 49.1 Å². The molecule has 0 aliphatic carbocycles. The van der Waals surface area contributed by atoms with Gasteiger partial charge in [0.25, 0.3) is 5.91 Å². The molecule has 0 bridgehead atoms. The predicted molar refractivity (Wildman–Crippen MR) is 117 cm³/mol. The molecule has 7 nitrogen and oxygen atoms in total. The Labute approximate surface area is 187 Å². The number of rotatable bonds is 5. The maximum Gasteiger partial charge on any atom is 0.252 e. The standard InChI is InChI=1S/C22H25ClN2O5S/c1-15-8-10-25(11-9-15)31(27,28)17-6-7-19(23)18(12-17)22(26)24-13-16-14-29-20-4-2-3-5-21(20)30-16/h2-7,12,15-16H,8-11,13-14H2,1H3,(H,24,26)/t16-/m0/s1. The molecule has 2 aromatic carbocycles. The molecule has 1 N–H and O–H groups in total. The lowest BCUT2D eigenvalue weighted by atomic mass is 10.0. The minimum atomic E-state index is -3.68. The van der Waals surface area contributed by atoms with E-state index in [9.17, 15) is 13.2 Å². The fraction of sp³-hybridized carbons (Fsp3) is 0.409. The van der Waals surface area contributed by atoms with Gasteiger partial charge in [-0.25, -0.2) is 8.42 Å². The van der Waals surface area contributed by atoms with Crippen molar-refractivity contribution in [3.8, 4) is 11.5 Å². The zero-order valence-electron chi connectivity index (χ0n) is 17.2. The molecule has 1 saturated heterocycles. The smallest absolute Gasteiger partial charge is 0.252 e. The summed E-state index contributed by atoms with van der Waals surface area (Å²) in [5.74, 6) is 1.33. The van der Waals surface area contributed by atoms with Crippen LogP contribution in [0.4, 0.5) is 0 Å². The lowest BCUT2D eigenvalue weighted by Gasteiger charge is -2.29. The Balaban J connectivity index is 1.44. The molecule has 0 unspecified atom stereocenters. The van der Waals surface area contributed by atoms with Crippen molar-refractivity contribution in [1.29, 1.82) is 0 Å². The summed E-state index contributed by atoms with van der Waals surface area (Å²) in [6.45, 7) is 3.58. The van der Waals surface area contributed by atoms with Crippen LogP contribution in [0.3, 0.4) is 0 Å². The number of ether oxygens (including phenoxy) is 2. The van der Waals surface area contributed by atoms with Gasteiger partial charge in [-0.15, -0.1) is 0 Å². The highest BCUT2D eigenvalue weighted by Gasteiger charge is 2.29. The van der Waals surface area contributed by atoms with Gasteiger partial charge in [0.2, 0.25) is 10.0 Å². The summed E-state index contributed by atoms with van der Waals surface area (Å²) in [4.78, 5) is 12.8. The second-order valence-electron chi connectivity index (χ2n) is 7.94. The summed E-state index contributed by atoms with van der Waals surface area (Å²) in [6, 6.07) is 11.6. The van der Waals surface area contributed by atoms with Gasteiger partial charge in [-0.1, -0.05) is 30.7 Å². The number of fused-ring (bicyclic) bond motifs is 1. The summed E-state index contributed by atoms with van der Waals surface area (Å²) in [7, 11) is -3.68. The number of benzene rings is 2. The maximum absolute atomic E-state index is 13.0. The summed E-state index contributed by atoms with van der Waals surface area (Å²) < 4.78 is 39.0. The molecule has 0 aromatic heterocycles. The normalized spacial score (nSPS) is 19.7. The van der Waals surface area contributed by atoms with Crippen molar-refractivity contribution in [1.82, 2.24) is 9.62 Å². The Morgan fingerprint density at radius 2 is 1.87 bits per heavy atom. The first-order valence-corrected chi connectivity index (χ1v) is 12.1. The van der Waals surface area contributed by atoms with Crippen LogP contribution in [-0.2, 0) is 10.0 Å². The van der Waals surface area contributed by atoms with E-state index < -0.39 is 15.9 Å². The lowest BCUT2D eigenvalue weighted by molar-refractivity contribution is 0.0789. The lowest BCUT2D eigenvalue weighted by Crippen LogP contribution is -2.41. The molecule has 166 valence electrons. The fourth-order valence-electron chi connectivity index (χ4n) is 3.68. The van der Waals surface area contributed by atoms with Gasteiger partial charge in [-0.2, -0.15) is 4.31 Å². The average molecular weight is 465 g/mol. The number of nitrogens with zero attached hydrogens (tertiary/aromatic N) is 1. The van der Waals surface area contributed by atoms with Crippen LogP contribution >= 0.6 is 11.6 Å². The molecular formula is C22H25ClN2O5S. The fourth-order valence-corrected chi connectivity index (χ4v) is 5.38. The van der Waals surface area contributed by atoms with Crippen molar-refractivity contribution < 1.29 is 22.7 Å². The van der Waals surface area contributed by atoms with Gasteiger partial charge in [0.05, 0.1) is 22.0 Å². The zero-order valence-corrected chi connectivity index (χ0v) is 18.8. The third kappa shape index (κ3) is 4.81. The summed E-state index contributed by atoms with van der Waals surface area (Å²) >= 11 is 6.21. The predicted octanol–water partition coefficient (Wildman–Crippen LogP) is 3.33.